The van der Waals surface area contributed by atoms with E-state index in [1.54, 1.807) is 0 Å². The molecule has 1 aliphatic rings. The van der Waals surface area contributed by atoms with Crippen LogP contribution < -0.4 is 4.74 Å². The molecule has 24 heavy (non-hydrogen) atoms. The van der Waals surface area contributed by atoms with Crippen molar-refractivity contribution in [3.8, 4) is 5.19 Å². The molecule has 1 aromatic carbocycles. The third-order valence-electron chi connectivity index (χ3n) is 3.23. The van der Waals surface area contributed by atoms with E-state index in [0.29, 0.717) is 36.1 Å². The number of aromatic nitrogens is 2. The summed E-state index contributed by atoms with van der Waals surface area (Å²) in [6, 6.07) is 10.1. The first-order valence-corrected chi connectivity index (χ1v) is 9.39. The van der Waals surface area contributed by atoms with Gasteiger partial charge >= 0.3 is 0 Å². The molecule has 0 bridgehead atoms. The molecule has 2 aromatic rings. The molecule has 0 saturated carbocycles. The third-order valence-corrected chi connectivity index (χ3v) is 4.70. The Bertz CT molecular complexity index is 636. The lowest BCUT2D eigenvalue weighted by molar-refractivity contribution is -0.141. The highest BCUT2D eigenvalue weighted by atomic mass is 32.2. The van der Waals surface area contributed by atoms with Crippen LogP contribution in [0.4, 0.5) is 0 Å². The lowest BCUT2D eigenvalue weighted by Gasteiger charge is -2.16. The van der Waals surface area contributed by atoms with Crippen LogP contribution >= 0.6 is 23.3 Å². The van der Waals surface area contributed by atoms with E-state index < -0.39 is 5.79 Å². The highest BCUT2D eigenvalue weighted by Crippen LogP contribution is 2.25. The fraction of sp³-hybridized carbons (Fsp3) is 0.500. The van der Waals surface area contributed by atoms with E-state index in [1.807, 2.05) is 44.2 Å². The molecule has 6 nitrogen and oxygen atoms in total. The standard InChI is InChI=1S/C16H20N2O4S2/c1-16(2)21-10-13(22-16)9-20-15-17-14(18-24-15)23-11-19-8-12-6-4-3-5-7-12/h3-7,13H,8-11H2,1-2H3. The van der Waals surface area contributed by atoms with Gasteiger partial charge in [0.2, 0.25) is 5.16 Å². The predicted octanol–water partition coefficient (Wildman–Crippen LogP) is 3.33. The molecule has 1 aliphatic heterocycles. The normalized spacial score (nSPS) is 19.5. The van der Waals surface area contributed by atoms with Gasteiger partial charge in [0.05, 0.1) is 13.2 Å². The largest absolute Gasteiger partial charge is 0.466 e. The summed E-state index contributed by atoms with van der Waals surface area (Å²) in [6.07, 6.45) is -0.0748. The molecule has 2 heterocycles. The molecule has 1 atom stereocenters. The van der Waals surface area contributed by atoms with Gasteiger partial charge < -0.3 is 18.9 Å². The van der Waals surface area contributed by atoms with E-state index in [2.05, 4.69) is 9.36 Å². The van der Waals surface area contributed by atoms with Crippen molar-refractivity contribution in [2.24, 2.45) is 0 Å². The van der Waals surface area contributed by atoms with Gasteiger partial charge in [0, 0.05) is 11.5 Å². The molecule has 0 N–H and O–H groups in total. The Morgan fingerprint density at radius 3 is 2.92 bits per heavy atom. The second-order valence-electron chi connectivity index (χ2n) is 5.70. The van der Waals surface area contributed by atoms with Crippen LogP contribution in [-0.4, -0.2) is 40.4 Å². The van der Waals surface area contributed by atoms with Gasteiger partial charge in [0.25, 0.3) is 5.19 Å². The zero-order valence-corrected chi connectivity index (χ0v) is 15.3. The van der Waals surface area contributed by atoms with Gasteiger partial charge in [-0.15, -0.1) is 0 Å². The zero-order valence-electron chi connectivity index (χ0n) is 13.6. The van der Waals surface area contributed by atoms with Crippen LogP contribution in [0.25, 0.3) is 0 Å². The summed E-state index contributed by atoms with van der Waals surface area (Å²) in [6.45, 7) is 5.30. The highest BCUT2D eigenvalue weighted by molar-refractivity contribution is 7.99. The summed E-state index contributed by atoms with van der Waals surface area (Å²) < 4.78 is 26.7. The quantitative estimate of drug-likeness (QED) is 0.402. The number of hydrogen-bond donors (Lipinski definition) is 0. The molecule has 130 valence electrons. The fourth-order valence-electron chi connectivity index (χ4n) is 2.15. The molecular formula is C16H20N2O4S2. The average Bonchev–Trinajstić information content (AvgIpc) is 3.16. The fourth-order valence-corrected chi connectivity index (χ4v) is 3.40. The SMILES string of the molecule is CC1(C)OCC(COc2nc(SCOCc3ccccc3)ns2)O1. The summed E-state index contributed by atoms with van der Waals surface area (Å²) >= 11 is 2.68. The van der Waals surface area contributed by atoms with Crippen LogP contribution in [0.5, 0.6) is 5.19 Å². The van der Waals surface area contributed by atoms with E-state index >= 15 is 0 Å². The minimum Gasteiger partial charge on any atom is -0.466 e. The van der Waals surface area contributed by atoms with Gasteiger partial charge in [-0.1, -0.05) is 42.1 Å². The Hall–Kier alpha value is -1.19. The molecular weight excluding hydrogens is 348 g/mol. The smallest absolute Gasteiger partial charge is 0.294 e. The van der Waals surface area contributed by atoms with Crippen LogP contribution in [0.15, 0.2) is 35.5 Å². The van der Waals surface area contributed by atoms with E-state index in [-0.39, 0.29) is 6.10 Å². The molecule has 1 aromatic heterocycles. The van der Waals surface area contributed by atoms with Crippen molar-refractivity contribution in [3.63, 3.8) is 0 Å². The minimum atomic E-state index is -0.535. The second kappa shape index (κ2) is 8.26. The first-order chi connectivity index (χ1) is 11.6. The molecule has 0 radical (unpaired) electrons. The number of benzene rings is 1. The summed E-state index contributed by atoms with van der Waals surface area (Å²) in [4.78, 5) is 4.32. The first kappa shape index (κ1) is 17.6. The maximum absolute atomic E-state index is 5.68. The van der Waals surface area contributed by atoms with Gasteiger partial charge in [-0.3, -0.25) is 0 Å². The van der Waals surface area contributed by atoms with Crippen molar-refractivity contribution in [1.82, 2.24) is 9.36 Å². The van der Waals surface area contributed by atoms with Crippen LogP contribution in [0.1, 0.15) is 19.4 Å². The molecule has 0 amide bonds. The van der Waals surface area contributed by atoms with Gasteiger partial charge in [0.15, 0.2) is 5.79 Å². The van der Waals surface area contributed by atoms with E-state index in [1.165, 1.54) is 23.3 Å². The molecule has 1 unspecified atom stereocenters. The topological polar surface area (TPSA) is 62.7 Å². The first-order valence-electron chi connectivity index (χ1n) is 7.63. The van der Waals surface area contributed by atoms with Crippen molar-refractivity contribution in [2.45, 2.75) is 37.5 Å². The Balaban J connectivity index is 1.35. The minimum absolute atomic E-state index is 0.0748. The van der Waals surface area contributed by atoms with Crippen LogP contribution in [-0.2, 0) is 20.8 Å². The summed E-state index contributed by atoms with van der Waals surface area (Å²) in [5.41, 5.74) is 1.15. The van der Waals surface area contributed by atoms with Crippen molar-refractivity contribution in [3.05, 3.63) is 35.9 Å². The van der Waals surface area contributed by atoms with Gasteiger partial charge in [-0.05, 0) is 19.4 Å². The molecule has 8 heteroatoms. The van der Waals surface area contributed by atoms with Crippen molar-refractivity contribution >= 4 is 23.3 Å². The van der Waals surface area contributed by atoms with E-state index in [4.69, 9.17) is 18.9 Å². The van der Waals surface area contributed by atoms with Gasteiger partial charge in [-0.2, -0.15) is 9.36 Å². The average molecular weight is 368 g/mol. The Labute approximate surface area is 149 Å². The van der Waals surface area contributed by atoms with Gasteiger partial charge in [-0.25, -0.2) is 0 Å². The highest BCUT2D eigenvalue weighted by Gasteiger charge is 2.33. The molecule has 0 spiro atoms. The Kier molecular flexibility index (Phi) is 6.07. The van der Waals surface area contributed by atoms with Crippen molar-refractivity contribution < 1.29 is 18.9 Å². The summed E-state index contributed by atoms with van der Waals surface area (Å²) in [5, 5.41) is 1.20. The maximum Gasteiger partial charge on any atom is 0.294 e. The number of rotatable bonds is 8. The monoisotopic (exact) mass is 368 g/mol. The predicted molar refractivity (Wildman–Crippen MR) is 92.3 cm³/mol. The van der Waals surface area contributed by atoms with Gasteiger partial charge in [0.1, 0.15) is 18.6 Å². The molecule has 1 saturated heterocycles. The summed E-state index contributed by atoms with van der Waals surface area (Å²) in [7, 11) is 0. The van der Waals surface area contributed by atoms with Crippen LogP contribution in [0.2, 0.25) is 0 Å². The Morgan fingerprint density at radius 1 is 1.33 bits per heavy atom. The lowest BCUT2D eigenvalue weighted by atomic mass is 10.2. The lowest BCUT2D eigenvalue weighted by Crippen LogP contribution is -2.25. The van der Waals surface area contributed by atoms with Crippen LogP contribution in [0, 0.1) is 0 Å². The number of ether oxygens (including phenoxy) is 4. The molecule has 0 aliphatic carbocycles. The maximum atomic E-state index is 5.68. The van der Waals surface area contributed by atoms with E-state index in [0.717, 1.165) is 5.56 Å². The molecule has 1 fully saturated rings. The van der Waals surface area contributed by atoms with Crippen molar-refractivity contribution in [1.29, 1.82) is 0 Å². The third kappa shape index (κ3) is 5.42. The number of nitrogens with zero attached hydrogens (tertiary/aromatic N) is 2. The summed E-state index contributed by atoms with van der Waals surface area (Å²) in [5.74, 6) is -0.0366. The number of hydrogen-bond acceptors (Lipinski definition) is 8. The van der Waals surface area contributed by atoms with Crippen LogP contribution in [0.3, 0.4) is 0 Å². The second-order valence-corrected chi connectivity index (χ2v) is 7.30. The number of thioether (sulfide) groups is 1. The van der Waals surface area contributed by atoms with E-state index in [9.17, 15) is 0 Å². The molecule has 3 rings (SSSR count). The zero-order chi connectivity index (χ0) is 16.8. The van der Waals surface area contributed by atoms with Crippen molar-refractivity contribution in [2.75, 3.05) is 19.2 Å². The Morgan fingerprint density at radius 2 is 2.17 bits per heavy atom.